The summed E-state index contributed by atoms with van der Waals surface area (Å²) in [6.45, 7) is 0.688. The lowest BCUT2D eigenvalue weighted by Crippen LogP contribution is -2.55. The molecule has 2 saturated heterocycles. The molecule has 0 aliphatic carbocycles. The second-order valence-corrected chi connectivity index (χ2v) is 8.66. The fourth-order valence-corrected chi connectivity index (χ4v) is 4.16. The van der Waals surface area contributed by atoms with Crippen LogP contribution < -0.4 is 20.9 Å². The van der Waals surface area contributed by atoms with Crippen LogP contribution in [0.5, 0.6) is 0 Å². The Morgan fingerprint density at radius 3 is 2.00 bits per heavy atom. The van der Waals surface area contributed by atoms with Crippen LogP contribution in [0.1, 0.15) is 18.4 Å². The number of hydrogen-bond acceptors (Lipinski definition) is 5. The van der Waals surface area contributed by atoms with Crippen LogP contribution in [0.15, 0.2) is 48.5 Å². The Labute approximate surface area is 200 Å². The van der Waals surface area contributed by atoms with Gasteiger partial charge in [0.1, 0.15) is 13.1 Å². The lowest BCUT2D eigenvalue weighted by atomic mass is 9.96. The molecule has 3 N–H and O–H groups in total. The zero-order valence-corrected chi connectivity index (χ0v) is 18.9. The summed E-state index contributed by atoms with van der Waals surface area (Å²) >= 11 is 0. The molecule has 4 rings (SSSR count). The molecule has 0 aromatic heterocycles. The van der Waals surface area contributed by atoms with Gasteiger partial charge >= 0.3 is 12.2 Å². The number of urea groups is 1. The third-order valence-corrected chi connectivity index (χ3v) is 6.11. The molecule has 0 radical (unpaired) electrons. The highest BCUT2D eigenvalue weighted by atomic mass is 19.4. The number of halogens is 3. The van der Waals surface area contributed by atoms with Crippen LogP contribution in [0, 0.1) is 5.92 Å². The highest BCUT2D eigenvalue weighted by molar-refractivity contribution is 6.02. The van der Waals surface area contributed by atoms with Gasteiger partial charge in [0, 0.05) is 36.7 Å². The number of rotatable bonds is 5. The number of piperazine rings is 1. The van der Waals surface area contributed by atoms with Gasteiger partial charge in [-0.25, -0.2) is 4.79 Å². The molecule has 2 aromatic carbocycles. The first kappa shape index (κ1) is 24.4. The van der Waals surface area contributed by atoms with Gasteiger partial charge in [-0.1, -0.05) is 12.1 Å². The first-order valence-electron chi connectivity index (χ1n) is 11.3. The second kappa shape index (κ2) is 10.2. The van der Waals surface area contributed by atoms with Crippen molar-refractivity contribution in [3.8, 4) is 0 Å². The summed E-state index contributed by atoms with van der Waals surface area (Å²) in [5, 5.41) is 8.11. The first-order chi connectivity index (χ1) is 16.7. The summed E-state index contributed by atoms with van der Waals surface area (Å²) in [4.78, 5) is 38.1. The summed E-state index contributed by atoms with van der Waals surface area (Å²) < 4.78 is 38.6. The maximum absolute atomic E-state index is 12.9. The smallest absolute Gasteiger partial charge is 0.372 e. The van der Waals surface area contributed by atoms with Crippen molar-refractivity contribution in [1.29, 1.82) is 0 Å². The normalized spacial score (nSPS) is 17.2. The van der Waals surface area contributed by atoms with Crippen molar-refractivity contribution < 1.29 is 27.6 Å². The average molecular weight is 489 g/mol. The Balaban J connectivity index is 1.25. The molecule has 2 aliphatic heterocycles. The topological polar surface area (TPSA) is 93.8 Å². The zero-order chi connectivity index (χ0) is 25.0. The second-order valence-electron chi connectivity index (χ2n) is 8.66. The van der Waals surface area contributed by atoms with Gasteiger partial charge in [0.05, 0.1) is 5.92 Å². The number of imide groups is 1. The number of alkyl halides is 3. The molecule has 0 saturated carbocycles. The molecule has 2 aromatic rings. The van der Waals surface area contributed by atoms with E-state index in [4.69, 9.17) is 0 Å². The number of carbonyl (C=O) groups excluding carboxylic acids is 3. The molecule has 2 fully saturated rings. The number of nitrogens with zero attached hydrogens (tertiary/aromatic N) is 2. The predicted molar refractivity (Wildman–Crippen MR) is 124 cm³/mol. The number of carbonyl (C=O) groups is 3. The van der Waals surface area contributed by atoms with Crippen LogP contribution in [0.4, 0.5) is 35.0 Å². The molecule has 186 valence electrons. The van der Waals surface area contributed by atoms with Gasteiger partial charge in [0.15, 0.2) is 0 Å². The van der Waals surface area contributed by atoms with Crippen molar-refractivity contribution in [3.05, 3.63) is 54.1 Å². The number of anilines is 3. The first-order valence-corrected chi connectivity index (χ1v) is 11.3. The van der Waals surface area contributed by atoms with E-state index in [-0.39, 0.29) is 32.5 Å². The van der Waals surface area contributed by atoms with Crippen LogP contribution in [0.3, 0.4) is 0 Å². The minimum absolute atomic E-state index is 0.113. The molecule has 0 bridgehead atoms. The fraction of sp³-hybridized carbons (Fsp3) is 0.375. The fourth-order valence-electron chi connectivity index (χ4n) is 4.16. The van der Waals surface area contributed by atoms with Gasteiger partial charge in [0.2, 0.25) is 11.8 Å². The van der Waals surface area contributed by atoms with Crippen LogP contribution in [-0.4, -0.2) is 55.1 Å². The Kier molecular flexibility index (Phi) is 7.13. The standard InChI is InChI=1S/C24H26F3N5O3/c25-24(26,27)17-9-11-31(12-10-17)20-7-5-19(6-8-20)29-18-3-1-16(2-4-18)13-28-23(35)32-14-21(33)30-22(34)15-32/h1-8,17,29H,9-15H2,(H,28,35)(H,30,33,34). The molecule has 8 nitrogen and oxygen atoms in total. The van der Waals surface area contributed by atoms with Gasteiger partial charge in [-0.05, 0) is 54.8 Å². The third kappa shape index (κ3) is 6.43. The van der Waals surface area contributed by atoms with Crippen molar-refractivity contribution in [3.63, 3.8) is 0 Å². The maximum atomic E-state index is 12.9. The lowest BCUT2D eigenvalue weighted by Gasteiger charge is -2.34. The van der Waals surface area contributed by atoms with Gasteiger partial charge in [-0.3, -0.25) is 14.9 Å². The van der Waals surface area contributed by atoms with Crippen LogP contribution in [-0.2, 0) is 16.1 Å². The van der Waals surface area contributed by atoms with Gasteiger partial charge in [-0.2, -0.15) is 13.2 Å². The van der Waals surface area contributed by atoms with Crippen molar-refractivity contribution >= 4 is 34.9 Å². The molecule has 4 amide bonds. The van der Waals surface area contributed by atoms with Crippen molar-refractivity contribution in [2.24, 2.45) is 5.92 Å². The summed E-state index contributed by atoms with van der Waals surface area (Å²) in [5.41, 5.74) is 3.41. The van der Waals surface area contributed by atoms with E-state index in [0.717, 1.165) is 27.5 Å². The van der Waals surface area contributed by atoms with E-state index in [9.17, 15) is 27.6 Å². The van der Waals surface area contributed by atoms with E-state index in [0.29, 0.717) is 13.1 Å². The van der Waals surface area contributed by atoms with Gasteiger partial charge in [-0.15, -0.1) is 0 Å². The maximum Gasteiger partial charge on any atom is 0.391 e. The number of nitrogens with one attached hydrogen (secondary N) is 3. The van der Waals surface area contributed by atoms with E-state index in [1.165, 1.54) is 0 Å². The molecule has 0 unspecified atom stereocenters. The molecule has 2 heterocycles. The molecular formula is C24H26F3N5O3. The SMILES string of the molecule is O=C1CN(C(=O)NCc2ccc(Nc3ccc(N4CCC(C(F)(F)F)CC4)cc3)cc2)CC(=O)N1. The average Bonchev–Trinajstić information content (AvgIpc) is 2.83. The minimum atomic E-state index is -4.12. The molecule has 2 aliphatic rings. The van der Waals surface area contributed by atoms with E-state index in [1.54, 1.807) is 0 Å². The third-order valence-electron chi connectivity index (χ3n) is 6.11. The Bertz CT molecular complexity index is 1050. The van der Waals surface area contributed by atoms with Crippen molar-refractivity contribution in [2.75, 3.05) is 36.4 Å². The van der Waals surface area contributed by atoms with E-state index in [2.05, 4.69) is 16.0 Å². The number of hydrogen-bond donors (Lipinski definition) is 3. The van der Waals surface area contributed by atoms with Crippen LogP contribution >= 0.6 is 0 Å². The predicted octanol–water partition coefficient (Wildman–Crippen LogP) is 3.38. The summed E-state index contributed by atoms with van der Waals surface area (Å²) in [5.74, 6) is -2.23. The van der Waals surface area contributed by atoms with Gasteiger partial charge < -0.3 is 20.4 Å². The highest BCUT2D eigenvalue weighted by Crippen LogP contribution is 2.35. The Morgan fingerprint density at radius 2 is 1.46 bits per heavy atom. The largest absolute Gasteiger partial charge is 0.391 e. The van der Waals surface area contributed by atoms with Crippen molar-refractivity contribution in [1.82, 2.24) is 15.5 Å². The molecule has 35 heavy (non-hydrogen) atoms. The molecule has 0 atom stereocenters. The Morgan fingerprint density at radius 1 is 0.914 bits per heavy atom. The Hall–Kier alpha value is -3.76. The van der Waals surface area contributed by atoms with Crippen LogP contribution in [0.25, 0.3) is 0 Å². The highest BCUT2D eigenvalue weighted by Gasteiger charge is 2.41. The molecule has 0 spiro atoms. The van der Waals surface area contributed by atoms with E-state index < -0.39 is 29.9 Å². The zero-order valence-electron chi connectivity index (χ0n) is 18.9. The number of amides is 4. The van der Waals surface area contributed by atoms with E-state index in [1.807, 2.05) is 53.4 Å². The summed E-state index contributed by atoms with van der Waals surface area (Å²) in [6.07, 6.45) is -3.89. The lowest BCUT2D eigenvalue weighted by molar-refractivity contribution is -0.179. The van der Waals surface area contributed by atoms with Crippen LogP contribution in [0.2, 0.25) is 0 Å². The molecular weight excluding hydrogens is 463 g/mol. The minimum Gasteiger partial charge on any atom is -0.372 e. The van der Waals surface area contributed by atoms with E-state index >= 15 is 0 Å². The summed E-state index contributed by atoms with van der Waals surface area (Å²) in [6, 6.07) is 14.5. The summed E-state index contributed by atoms with van der Waals surface area (Å²) in [7, 11) is 0. The number of piperidine rings is 1. The van der Waals surface area contributed by atoms with Gasteiger partial charge in [0.25, 0.3) is 0 Å². The quantitative estimate of drug-likeness (QED) is 0.560. The number of benzene rings is 2. The monoisotopic (exact) mass is 489 g/mol. The molecule has 11 heteroatoms. The van der Waals surface area contributed by atoms with Crippen molar-refractivity contribution in [2.45, 2.75) is 25.6 Å².